The Morgan fingerprint density at radius 3 is 2.85 bits per heavy atom. The largest absolute Gasteiger partial charge is 0.463 e. The summed E-state index contributed by atoms with van der Waals surface area (Å²) >= 11 is 0. The van der Waals surface area contributed by atoms with E-state index in [2.05, 4.69) is 26.9 Å². The van der Waals surface area contributed by atoms with Gasteiger partial charge < -0.3 is 10.1 Å². The average molecular weight is 277 g/mol. The molecule has 0 amide bonds. The van der Waals surface area contributed by atoms with Crippen molar-refractivity contribution in [3.05, 3.63) is 17.6 Å². The van der Waals surface area contributed by atoms with Crippen LogP contribution in [0.2, 0.25) is 0 Å². The van der Waals surface area contributed by atoms with E-state index in [-0.39, 0.29) is 5.82 Å². The zero-order valence-electron chi connectivity index (χ0n) is 12.5. The lowest BCUT2D eigenvalue weighted by Crippen LogP contribution is -2.32. The lowest BCUT2D eigenvalue weighted by Gasteiger charge is -2.32. The number of anilines is 1. The van der Waals surface area contributed by atoms with Crippen LogP contribution in [0, 0.1) is 12.8 Å². The Morgan fingerprint density at radius 2 is 2.15 bits per heavy atom. The summed E-state index contributed by atoms with van der Waals surface area (Å²) in [5.41, 5.74) is 0.770. The van der Waals surface area contributed by atoms with Crippen LogP contribution in [-0.4, -0.2) is 29.1 Å². The molecule has 1 saturated carbocycles. The van der Waals surface area contributed by atoms with Crippen molar-refractivity contribution in [3.63, 3.8) is 0 Å². The molecule has 2 rings (SSSR count). The lowest BCUT2D eigenvalue weighted by molar-refractivity contribution is 0.0586. The van der Waals surface area contributed by atoms with Crippen LogP contribution < -0.4 is 5.32 Å². The van der Waals surface area contributed by atoms with Gasteiger partial charge in [-0.05, 0) is 25.7 Å². The smallest absolute Gasteiger partial charge is 0.376 e. The van der Waals surface area contributed by atoms with Crippen molar-refractivity contribution in [2.24, 2.45) is 5.92 Å². The van der Waals surface area contributed by atoms with Crippen molar-refractivity contribution in [1.29, 1.82) is 0 Å². The maximum Gasteiger partial charge on any atom is 0.376 e. The molecule has 1 N–H and O–H groups in total. The van der Waals surface area contributed by atoms with E-state index in [1.807, 2.05) is 13.0 Å². The number of nitrogens with one attached hydrogen (secondary N) is 1. The lowest BCUT2D eigenvalue weighted by atomic mass is 9.83. The number of aromatic nitrogens is 2. The number of hydrogen-bond acceptors (Lipinski definition) is 5. The summed E-state index contributed by atoms with van der Waals surface area (Å²) in [5.74, 6) is 1.04. The number of methoxy groups -OCH3 is 1. The Kier molecular flexibility index (Phi) is 4.93. The molecule has 0 aromatic carbocycles. The molecule has 0 bridgehead atoms. The normalized spacial score (nSPS) is 22.4. The summed E-state index contributed by atoms with van der Waals surface area (Å²) in [6.07, 6.45) is 6.16. The van der Waals surface area contributed by atoms with Gasteiger partial charge in [0.1, 0.15) is 5.82 Å². The molecule has 1 aliphatic carbocycles. The van der Waals surface area contributed by atoms with Crippen molar-refractivity contribution in [2.75, 3.05) is 12.4 Å². The number of hydrogen-bond donors (Lipinski definition) is 1. The SMILES string of the molecule is CCC1CCCCC1Nc1cc(C)nc(C(=O)OC)n1. The molecular formula is C15H23N3O2. The molecule has 1 aromatic rings. The summed E-state index contributed by atoms with van der Waals surface area (Å²) in [6.45, 7) is 4.09. The highest BCUT2D eigenvalue weighted by Gasteiger charge is 2.24. The van der Waals surface area contributed by atoms with E-state index in [1.54, 1.807) is 0 Å². The first-order valence-electron chi connectivity index (χ1n) is 7.34. The van der Waals surface area contributed by atoms with Gasteiger partial charge in [0.2, 0.25) is 5.82 Å². The van der Waals surface area contributed by atoms with Crippen molar-refractivity contribution in [2.45, 2.75) is 52.0 Å². The summed E-state index contributed by atoms with van der Waals surface area (Å²) in [5, 5.41) is 3.48. The van der Waals surface area contributed by atoms with Crippen LogP contribution in [0.15, 0.2) is 6.07 Å². The van der Waals surface area contributed by atoms with Gasteiger partial charge >= 0.3 is 5.97 Å². The fourth-order valence-electron chi connectivity index (χ4n) is 2.90. The minimum atomic E-state index is -0.493. The van der Waals surface area contributed by atoms with Gasteiger partial charge in [-0.25, -0.2) is 14.8 Å². The predicted octanol–water partition coefficient (Wildman–Crippen LogP) is 2.95. The Hall–Kier alpha value is -1.65. The second kappa shape index (κ2) is 6.68. The number of carbonyl (C=O) groups excluding carboxylic acids is 1. The fourth-order valence-corrected chi connectivity index (χ4v) is 2.90. The highest BCUT2D eigenvalue weighted by molar-refractivity contribution is 5.85. The standard InChI is InChI=1S/C15H23N3O2/c1-4-11-7-5-6-8-12(11)17-13-9-10(2)16-14(18-13)15(19)20-3/h9,11-12H,4-8H2,1-3H3,(H,16,17,18). The van der Waals surface area contributed by atoms with Crippen LogP contribution in [0.4, 0.5) is 5.82 Å². The van der Waals surface area contributed by atoms with E-state index in [1.165, 1.54) is 32.8 Å². The van der Waals surface area contributed by atoms with Gasteiger partial charge in [0.25, 0.3) is 0 Å². The highest BCUT2D eigenvalue weighted by atomic mass is 16.5. The molecule has 2 unspecified atom stereocenters. The van der Waals surface area contributed by atoms with Crippen molar-refractivity contribution in [3.8, 4) is 0 Å². The third kappa shape index (κ3) is 3.46. The van der Waals surface area contributed by atoms with Gasteiger partial charge in [-0.3, -0.25) is 0 Å². The predicted molar refractivity (Wildman–Crippen MR) is 77.8 cm³/mol. The minimum Gasteiger partial charge on any atom is -0.463 e. The van der Waals surface area contributed by atoms with Crippen LogP contribution in [0.3, 0.4) is 0 Å². The van der Waals surface area contributed by atoms with Gasteiger partial charge in [0.05, 0.1) is 7.11 Å². The van der Waals surface area contributed by atoms with Crippen LogP contribution >= 0.6 is 0 Å². The molecule has 2 atom stereocenters. The Balaban J connectivity index is 2.15. The van der Waals surface area contributed by atoms with Gasteiger partial charge in [-0.2, -0.15) is 0 Å². The van der Waals surface area contributed by atoms with Crippen LogP contribution in [0.1, 0.15) is 55.3 Å². The molecular weight excluding hydrogens is 254 g/mol. The van der Waals surface area contributed by atoms with E-state index in [0.29, 0.717) is 12.0 Å². The quantitative estimate of drug-likeness (QED) is 0.857. The molecule has 5 nitrogen and oxygen atoms in total. The molecule has 0 saturated heterocycles. The number of carbonyl (C=O) groups is 1. The van der Waals surface area contributed by atoms with E-state index >= 15 is 0 Å². The van der Waals surface area contributed by atoms with Crippen molar-refractivity contribution in [1.82, 2.24) is 9.97 Å². The van der Waals surface area contributed by atoms with Gasteiger partial charge in [-0.15, -0.1) is 0 Å². The molecule has 20 heavy (non-hydrogen) atoms. The second-order valence-electron chi connectivity index (χ2n) is 5.41. The van der Waals surface area contributed by atoms with E-state index in [0.717, 1.165) is 17.9 Å². The van der Waals surface area contributed by atoms with E-state index < -0.39 is 5.97 Å². The topological polar surface area (TPSA) is 64.1 Å². The molecule has 0 aliphatic heterocycles. The maximum absolute atomic E-state index is 11.6. The number of esters is 1. The molecule has 110 valence electrons. The average Bonchev–Trinajstić information content (AvgIpc) is 2.46. The zero-order chi connectivity index (χ0) is 14.5. The molecule has 5 heteroatoms. The molecule has 1 aromatic heterocycles. The Labute approximate surface area is 120 Å². The van der Waals surface area contributed by atoms with Gasteiger partial charge in [0, 0.05) is 17.8 Å². The third-order valence-electron chi connectivity index (χ3n) is 3.99. The van der Waals surface area contributed by atoms with Gasteiger partial charge in [-0.1, -0.05) is 26.2 Å². The molecule has 0 spiro atoms. The number of ether oxygens (including phenoxy) is 1. The first kappa shape index (κ1) is 14.8. The summed E-state index contributed by atoms with van der Waals surface area (Å²) in [4.78, 5) is 19.9. The number of nitrogens with zero attached hydrogens (tertiary/aromatic N) is 2. The van der Waals surface area contributed by atoms with E-state index in [9.17, 15) is 4.79 Å². The fraction of sp³-hybridized carbons (Fsp3) is 0.667. The number of rotatable bonds is 4. The molecule has 1 heterocycles. The number of aryl methyl sites for hydroxylation is 1. The van der Waals surface area contributed by atoms with Crippen LogP contribution in [-0.2, 0) is 4.74 Å². The first-order chi connectivity index (χ1) is 9.63. The first-order valence-corrected chi connectivity index (χ1v) is 7.34. The van der Waals surface area contributed by atoms with Gasteiger partial charge in [0.15, 0.2) is 0 Å². The molecule has 1 aliphatic rings. The highest BCUT2D eigenvalue weighted by Crippen LogP contribution is 2.29. The van der Waals surface area contributed by atoms with Crippen LogP contribution in [0.5, 0.6) is 0 Å². The van der Waals surface area contributed by atoms with Crippen molar-refractivity contribution < 1.29 is 9.53 Å². The van der Waals surface area contributed by atoms with Crippen molar-refractivity contribution >= 4 is 11.8 Å². The Bertz CT molecular complexity index is 476. The summed E-state index contributed by atoms with van der Waals surface area (Å²) in [6, 6.07) is 2.32. The minimum absolute atomic E-state index is 0.124. The summed E-state index contributed by atoms with van der Waals surface area (Å²) < 4.78 is 4.69. The summed E-state index contributed by atoms with van der Waals surface area (Å²) in [7, 11) is 1.34. The third-order valence-corrected chi connectivity index (χ3v) is 3.99. The van der Waals surface area contributed by atoms with Crippen LogP contribution in [0.25, 0.3) is 0 Å². The Morgan fingerprint density at radius 1 is 1.40 bits per heavy atom. The zero-order valence-corrected chi connectivity index (χ0v) is 12.5. The maximum atomic E-state index is 11.6. The monoisotopic (exact) mass is 277 g/mol. The molecule has 0 radical (unpaired) electrons. The second-order valence-corrected chi connectivity index (χ2v) is 5.41. The van der Waals surface area contributed by atoms with E-state index in [4.69, 9.17) is 0 Å². The molecule has 1 fully saturated rings.